The average Bonchev–Trinajstić information content (AvgIpc) is 2.76. The molecule has 1 atom stereocenters. The Balaban J connectivity index is 1.31. The van der Waals surface area contributed by atoms with Crippen molar-refractivity contribution in [1.29, 1.82) is 0 Å². The largest absolute Gasteiger partial charge is 0.489 e. The molecule has 0 radical (unpaired) electrons. The molecule has 5 nitrogen and oxygen atoms in total. The van der Waals surface area contributed by atoms with Gasteiger partial charge >= 0.3 is 0 Å². The zero-order valence-electron chi connectivity index (χ0n) is 16.5. The van der Waals surface area contributed by atoms with Crippen molar-refractivity contribution in [1.82, 2.24) is 10.3 Å². The highest BCUT2D eigenvalue weighted by Gasteiger charge is 2.05. The lowest BCUT2D eigenvalue weighted by atomic mass is 10.1. The van der Waals surface area contributed by atoms with E-state index in [-0.39, 0.29) is 6.61 Å². The van der Waals surface area contributed by atoms with E-state index in [1.807, 2.05) is 12.1 Å². The molecule has 3 aromatic rings. The van der Waals surface area contributed by atoms with Gasteiger partial charge < -0.3 is 19.9 Å². The summed E-state index contributed by atoms with van der Waals surface area (Å²) in [6.07, 6.45) is 3.68. The Labute approximate surface area is 176 Å². The van der Waals surface area contributed by atoms with Gasteiger partial charge in [-0.15, -0.1) is 0 Å². The van der Waals surface area contributed by atoms with Crippen LogP contribution in [0.1, 0.15) is 11.1 Å². The van der Waals surface area contributed by atoms with Crippen LogP contribution in [0.25, 0.3) is 0 Å². The van der Waals surface area contributed by atoms with E-state index in [1.54, 1.807) is 24.3 Å². The number of aryl methyl sites for hydroxylation is 1. The Morgan fingerprint density at radius 1 is 1.07 bits per heavy atom. The fourth-order valence-corrected chi connectivity index (χ4v) is 3.29. The molecule has 2 aromatic carbocycles. The van der Waals surface area contributed by atoms with Gasteiger partial charge in [0, 0.05) is 23.3 Å². The smallest absolute Gasteiger partial charge is 0.137 e. The van der Waals surface area contributed by atoms with Crippen molar-refractivity contribution in [2.24, 2.45) is 0 Å². The molecule has 29 heavy (non-hydrogen) atoms. The second kappa shape index (κ2) is 11.5. The van der Waals surface area contributed by atoms with E-state index in [4.69, 9.17) is 4.74 Å². The highest BCUT2D eigenvalue weighted by Crippen LogP contribution is 2.21. The highest BCUT2D eigenvalue weighted by molar-refractivity contribution is 8.00. The number of benzene rings is 2. The summed E-state index contributed by atoms with van der Waals surface area (Å²) in [4.78, 5) is 5.17. The summed E-state index contributed by atoms with van der Waals surface area (Å²) in [7, 11) is 0. The van der Waals surface area contributed by atoms with E-state index in [9.17, 15) is 5.11 Å². The third-order valence-corrected chi connectivity index (χ3v) is 5.15. The molecule has 1 aromatic heterocycles. The predicted octanol–water partition coefficient (Wildman–Crippen LogP) is 4.08. The van der Waals surface area contributed by atoms with Gasteiger partial charge in [-0.05, 0) is 73.8 Å². The van der Waals surface area contributed by atoms with Gasteiger partial charge in [0.1, 0.15) is 18.5 Å². The molecule has 0 saturated carbocycles. The fraction of sp³-hybridized carbons (Fsp3) is 0.261. The molecule has 0 bridgehead atoms. The van der Waals surface area contributed by atoms with Gasteiger partial charge in [-0.3, -0.25) is 4.98 Å². The molecule has 3 rings (SSSR count). The number of aliphatic hydroxyl groups excluding tert-OH is 1. The number of anilines is 1. The van der Waals surface area contributed by atoms with Crippen LogP contribution in [0.3, 0.4) is 0 Å². The zero-order chi connectivity index (χ0) is 20.3. The molecule has 0 fully saturated rings. The van der Waals surface area contributed by atoms with E-state index in [0.29, 0.717) is 12.3 Å². The summed E-state index contributed by atoms with van der Waals surface area (Å²) in [5.41, 5.74) is 3.60. The summed E-state index contributed by atoms with van der Waals surface area (Å²) in [6.45, 7) is 3.63. The van der Waals surface area contributed by atoms with Crippen LogP contribution in [0.15, 0.2) is 78.0 Å². The minimum atomic E-state index is -0.555. The minimum absolute atomic E-state index is 0.248. The van der Waals surface area contributed by atoms with E-state index in [0.717, 1.165) is 18.7 Å². The zero-order valence-corrected chi connectivity index (χ0v) is 17.4. The second-order valence-electron chi connectivity index (χ2n) is 6.82. The second-order valence-corrected chi connectivity index (χ2v) is 7.70. The summed E-state index contributed by atoms with van der Waals surface area (Å²) >= 11 is 1.61. The molecule has 0 saturated heterocycles. The van der Waals surface area contributed by atoms with Crippen molar-refractivity contribution in [3.05, 3.63) is 84.2 Å². The average molecular weight is 410 g/mol. The number of rotatable bonds is 11. The molecule has 0 amide bonds. The maximum Gasteiger partial charge on any atom is 0.137 e. The number of aromatic nitrogens is 1. The molecule has 0 aliphatic carbocycles. The van der Waals surface area contributed by atoms with E-state index in [1.165, 1.54) is 16.0 Å². The molecular weight excluding hydrogens is 382 g/mol. The number of aliphatic hydroxyl groups is 1. The lowest BCUT2D eigenvalue weighted by Crippen LogP contribution is -2.32. The third-order valence-electron chi connectivity index (χ3n) is 4.31. The Bertz CT molecular complexity index is 842. The first-order valence-corrected chi connectivity index (χ1v) is 10.5. The molecule has 0 aliphatic rings. The van der Waals surface area contributed by atoms with E-state index >= 15 is 0 Å². The van der Waals surface area contributed by atoms with E-state index in [2.05, 4.69) is 70.5 Å². The van der Waals surface area contributed by atoms with Crippen LogP contribution in [0.2, 0.25) is 0 Å². The van der Waals surface area contributed by atoms with Gasteiger partial charge in [0.15, 0.2) is 0 Å². The number of ether oxygens (including phenoxy) is 1. The number of hydrogen-bond acceptors (Lipinski definition) is 6. The summed E-state index contributed by atoms with van der Waals surface area (Å²) in [5.74, 6) is 0.667. The normalized spacial score (nSPS) is 11.8. The van der Waals surface area contributed by atoms with Crippen LogP contribution in [-0.2, 0) is 6.42 Å². The number of hydrogen-bond donors (Lipinski definition) is 3. The van der Waals surface area contributed by atoms with Crippen LogP contribution in [0.4, 0.5) is 5.69 Å². The predicted molar refractivity (Wildman–Crippen MR) is 119 cm³/mol. The molecule has 0 aliphatic heterocycles. The number of pyridine rings is 1. The summed E-state index contributed by atoms with van der Waals surface area (Å²) < 4.78 is 8.86. The Morgan fingerprint density at radius 2 is 1.86 bits per heavy atom. The molecule has 1 heterocycles. The third kappa shape index (κ3) is 7.77. The summed E-state index contributed by atoms with van der Waals surface area (Å²) in [6, 6.07) is 20.5. The van der Waals surface area contributed by atoms with Gasteiger partial charge in [0.05, 0.1) is 6.20 Å². The molecule has 152 valence electrons. The molecule has 0 spiro atoms. The lowest BCUT2D eigenvalue weighted by molar-refractivity contribution is 0.106. The van der Waals surface area contributed by atoms with Crippen LogP contribution in [0.5, 0.6) is 5.75 Å². The van der Waals surface area contributed by atoms with Crippen LogP contribution in [-0.4, -0.2) is 35.9 Å². The van der Waals surface area contributed by atoms with Crippen molar-refractivity contribution in [3.8, 4) is 5.75 Å². The van der Waals surface area contributed by atoms with Crippen molar-refractivity contribution in [3.63, 3.8) is 0 Å². The Morgan fingerprint density at radius 3 is 2.59 bits per heavy atom. The topological polar surface area (TPSA) is 66.4 Å². The number of nitrogens with zero attached hydrogens (tertiary/aromatic N) is 1. The standard InChI is InChI=1S/C23H27N3O2S/c1-18-4-10-23(11-5-18)29-26-20-8-6-19(7-9-20)12-14-25-15-21(27)17-28-22-3-2-13-24-16-22/h2-11,13,16,21,25-27H,12,14-15,17H2,1H3. The van der Waals surface area contributed by atoms with Crippen molar-refractivity contribution >= 4 is 17.6 Å². The Hall–Kier alpha value is -2.54. The SMILES string of the molecule is Cc1ccc(SNc2ccc(CCNCC(O)COc3cccnc3)cc2)cc1. The monoisotopic (exact) mass is 409 g/mol. The van der Waals surface area contributed by atoms with Crippen LogP contribution >= 0.6 is 11.9 Å². The maximum absolute atomic E-state index is 9.99. The van der Waals surface area contributed by atoms with E-state index < -0.39 is 6.10 Å². The molecular formula is C23H27N3O2S. The van der Waals surface area contributed by atoms with Gasteiger partial charge in [0.25, 0.3) is 0 Å². The van der Waals surface area contributed by atoms with Crippen molar-refractivity contribution < 1.29 is 9.84 Å². The maximum atomic E-state index is 9.99. The first kappa shape index (κ1) is 21.2. The first-order valence-electron chi connectivity index (χ1n) is 9.69. The van der Waals surface area contributed by atoms with Gasteiger partial charge in [-0.1, -0.05) is 29.8 Å². The van der Waals surface area contributed by atoms with Gasteiger partial charge in [-0.25, -0.2) is 0 Å². The molecule has 3 N–H and O–H groups in total. The molecule has 6 heteroatoms. The quantitative estimate of drug-likeness (QED) is 0.328. The summed E-state index contributed by atoms with van der Waals surface area (Å²) in [5, 5.41) is 13.3. The highest BCUT2D eigenvalue weighted by atomic mass is 32.2. The minimum Gasteiger partial charge on any atom is -0.489 e. The van der Waals surface area contributed by atoms with Crippen LogP contribution < -0.4 is 14.8 Å². The van der Waals surface area contributed by atoms with Crippen molar-refractivity contribution in [2.75, 3.05) is 24.4 Å². The lowest BCUT2D eigenvalue weighted by Gasteiger charge is -2.13. The van der Waals surface area contributed by atoms with Crippen LogP contribution in [0, 0.1) is 6.92 Å². The fourth-order valence-electron chi connectivity index (χ4n) is 2.65. The van der Waals surface area contributed by atoms with Crippen molar-refractivity contribution in [2.45, 2.75) is 24.3 Å². The molecule has 1 unspecified atom stereocenters. The van der Waals surface area contributed by atoms with Gasteiger partial charge in [0.2, 0.25) is 0 Å². The Kier molecular flexibility index (Phi) is 8.37. The van der Waals surface area contributed by atoms with Gasteiger partial charge in [-0.2, -0.15) is 0 Å². The first-order chi connectivity index (χ1) is 14.2. The number of nitrogens with one attached hydrogen (secondary N) is 2.